The summed E-state index contributed by atoms with van der Waals surface area (Å²) < 4.78 is 43.4. The van der Waals surface area contributed by atoms with Gasteiger partial charge in [-0.25, -0.2) is 4.98 Å². The predicted molar refractivity (Wildman–Crippen MR) is 148 cm³/mol. The normalized spacial score (nSPS) is 15.7. The Bertz CT molecular complexity index is 1660. The monoisotopic (exact) mass is 546 g/mol. The molecular weight excluding hydrogens is 517 g/mol. The highest BCUT2D eigenvalue weighted by Gasteiger charge is 2.34. The van der Waals surface area contributed by atoms with Gasteiger partial charge in [0.25, 0.3) is 5.91 Å². The third-order valence-corrected chi connectivity index (χ3v) is 7.22. The minimum absolute atomic E-state index is 0.0477. The van der Waals surface area contributed by atoms with Crippen molar-refractivity contribution in [2.45, 2.75) is 46.0 Å². The molecule has 1 amide bonds. The number of anilines is 1. The number of imidazole rings is 1. The lowest BCUT2D eigenvalue weighted by Gasteiger charge is -2.20. The Kier molecular flexibility index (Phi) is 7.41. The number of alkyl halides is 3. The number of carbonyl (C=O) groups excluding carboxylic acids is 1. The van der Waals surface area contributed by atoms with Crippen LogP contribution in [-0.2, 0) is 12.7 Å². The number of aliphatic hydroxyl groups excluding tert-OH is 1. The Hall–Kier alpha value is -4.13. The highest BCUT2D eigenvalue weighted by molar-refractivity contribution is 6.04. The van der Waals surface area contributed by atoms with Gasteiger partial charge in [-0.05, 0) is 79.6 Å². The number of nitrogens with one attached hydrogen (secondary N) is 1. The number of aryl methyl sites for hydroxylation is 3. The minimum Gasteiger partial charge on any atom is -0.392 e. The van der Waals surface area contributed by atoms with Crippen molar-refractivity contribution in [1.29, 1.82) is 0 Å². The lowest BCUT2D eigenvalue weighted by molar-refractivity contribution is -0.138. The van der Waals surface area contributed by atoms with Gasteiger partial charge in [-0.15, -0.1) is 0 Å². The van der Waals surface area contributed by atoms with Crippen LogP contribution in [0.15, 0.2) is 54.9 Å². The van der Waals surface area contributed by atoms with Crippen LogP contribution in [0.5, 0.6) is 0 Å². The van der Waals surface area contributed by atoms with Crippen LogP contribution >= 0.6 is 0 Å². The maximum atomic E-state index is 13.9. The average molecular weight is 547 g/mol. The molecule has 1 aliphatic rings. The quantitative estimate of drug-likeness (QED) is 0.324. The molecule has 1 atom stereocenters. The summed E-state index contributed by atoms with van der Waals surface area (Å²) >= 11 is 0. The van der Waals surface area contributed by atoms with E-state index in [1.807, 2.05) is 32.9 Å². The van der Waals surface area contributed by atoms with Crippen LogP contribution in [0.25, 0.3) is 11.0 Å². The summed E-state index contributed by atoms with van der Waals surface area (Å²) in [6, 6.07) is 16.0. The molecule has 4 aromatic rings. The Morgan fingerprint density at radius 3 is 2.55 bits per heavy atom. The number of aromatic nitrogens is 2. The number of hydrogen-bond acceptors (Lipinski definition) is 4. The molecule has 6 nitrogen and oxygen atoms in total. The molecular formula is C31H29F3N4O2. The fourth-order valence-corrected chi connectivity index (χ4v) is 4.98. The topological polar surface area (TPSA) is 70.4 Å². The van der Waals surface area contributed by atoms with Crippen molar-refractivity contribution in [3.05, 3.63) is 93.8 Å². The molecule has 1 aromatic heterocycles. The fourth-order valence-electron chi connectivity index (χ4n) is 4.98. The summed E-state index contributed by atoms with van der Waals surface area (Å²) in [4.78, 5) is 19.3. The van der Waals surface area contributed by atoms with Gasteiger partial charge >= 0.3 is 6.18 Å². The van der Waals surface area contributed by atoms with E-state index in [2.05, 4.69) is 22.3 Å². The molecule has 40 heavy (non-hydrogen) atoms. The number of benzene rings is 3. The molecule has 0 unspecified atom stereocenters. The number of carbonyl (C=O) groups is 1. The molecule has 1 fully saturated rings. The summed E-state index contributed by atoms with van der Waals surface area (Å²) in [5.41, 5.74) is 4.99. The van der Waals surface area contributed by atoms with Gasteiger partial charge in [0.2, 0.25) is 0 Å². The number of aliphatic hydroxyl groups is 1. The highest BCUT2D eigenvalue weighted by atomic mass is 19.4. The maximum Gasteiger partial charge on any atom is 0.416 e. The number of β-amino-alcohol motifs (C(OH)–C–C–N with tert-alkyl or cyclic N) is 1. The van der Waals surface area contributed by atoms with Gasteiger partial charge in [-0.1, -0.05) is 24.3 Å². The van der Waals surface area contributed by atoms with Crippen LogP contribution in [0.4, 0.5) is 18.9 Å². The van der Waals surface area contributed by atoms with Crippen LogP contribution < -0.4 is 5.32 Å². The van der Waals surface area contributed by atoms with Crippen molar-refractivity contribution in [1.82, 2.24) is 14.5 Å². The zero-order valence-corrected chi connectivity index (χ0v) is 22.4. The van der Waals surface area contributed by atoms with Crippen molar-refractivity contribution in [2.75, 3.05) is 18.4 Å². The summed E-state index contributed by atoms with van der Waals surface area (Å²) in [7, 11) is 0. The van der Waals surface area contributed by atoms with Gasteiger partial charge in [-0.2, -0.15) is 13.2 Å². The Labute approximate surface area is 230 Å². The molecule has 3 aromatic carbocycles. The lowest BCUT2D eigenvalue weighted by Crippen LogP contribution is -2.23. The van der Waals surface area contributed by atoms with Gasteiger partial charge in [0.05, 0.1) is 22.7 Å². The third-order valence-electron chi connectivity index (χ3n) is 7.22. The van der Waals surface area contributed by atoms with Crippen LogP contribution in [-0.4, -0.2) is 44.7 Å². The van der Waals surface area contributed by atoms with Crippen molar-refractivity contribution < 1.29 is 23.1 Å². The summed E-state index contributed by atoms with van der Waals surface area (Å²) in [6.07, 6.45) is -2.91. The van der Waals surface area contributed by atoms with E-state index in [1.54, 1.807) is 34.0 Å². The van der Waals surface area contributed by atoms with Crippen molar-refractivity contribution in [2.24, 2.45) is 0 Å². The number of rotatable bonds is 4. The minimum atomic E-state index is -4.59. The Balaban J connectivity index is 1.38. The fraction of sp³-hybridized carbons (Fsp3) is 0.290. The van der Waals surface area contributed by atoms with Gasteiger partial charge in [0, 0.05) is 42.5 Å². The first-order valence-electron chi connectivity index (χ1n) is 13.0. The number of likely N-dealkylation sites (tertiary alicyclic amines) is 1. The molecule has 0 saturated carbocycles. The van der Waals surface area contributed by atoms with Gasteiger partial charge in [-0.3, -0.25) is 14.3 Å². The van der Waals surface area contributed by atoms with Gasteiger partial charge in [0.15, 0.2) is 0 Å². The molecule has 2 N–H and O–H groups in total. The lowest BCUT2D eigenvalue weighted by atomic mass is 10.0. The van der Waals surface area contributed by atoms with Crippen molar-refractivity contribution >= 4 is 22.6 Å². The predicted octanol–water partition coefficient (Wildman–Crippen LogP) is 5.66. The molecule has 2 heterocycles. The highest BCUT2D eigenvalue weighted by Crippen LogP contribution is 2.35. The summed E-state index contributed by atoms with van der Waals surface area (Å²) in [5, 5.41) is 12.3. The molecule has 0 spiro atoms. The number of nitrogens with zero attached hydrogens (tertiary/aromatic N) is 3. The first-order valence-corrected chi connectivity index (χ1v) is 13.0. The van der Waals surface area contributed by atoms with E-state index >= 15 is 0 Å². The van der Waals surface area contributed by atoms with Gasteiger partial charge in [0.1, 0.15) is 6.33 Å². The number of hydrogen-bond donors (Lipinski definition) is 2. The molecule has 0 aliphatic carbocycles. The standard InChI is InChI=1S/C31H29F3N4O2/c1-19-6-7-23(14-22(19)10-13-38-18-35-28-20(2)4-5-21(3)29(28)38)30(40)36-25-9-8-24(27(15-25)31(32,33)34)16-37-12-11-26(39)17-37/h4-9,14-15,18,26,39H,11-12,16-17H2,1-3H3,(H,36,40)/t26-/m1/s1. The van der Waals surface area contributed by atoms with E-state index in [0.717, 1.165) is 33.8 Å². The molecule has 1 saturated heterocycles. The maximum absolute atomic E-state index is 13.9. The number of halogens is 3. The zero-order chi connectivity index (χ0) is 28.6. The Morgan fingerprint density at radius 1 is 1.07 bits per heavy atom. The molecule has 9 heteroatoms. The molecule has 5 rings (SSSR count). The van der Waals surface area contributed by atoms with Crippen LogP contribution in [0.3, 0.4) is 0 Å². The van der Waals surface area contributed by atoms with E-state index in [1.165, 1.54) is 12.1 Å². The molecule has 206 valence electrons. The molecule has 0 radical (unpaired) electrons. The van der Waals surface area contributed by atoms with E-state index in [4.69, 9.17) is 0 Å². The van der Waals surface area contributed by atoms with Crippen molar-refractivity contribution in [3.63, 3.8) is 0 Å². The summed E-state index contributed by atoms with van der Waals surface area (Å²) in [5.74, 6) is 2.57. The van der Waals surface area contributed by atoms with Crippen LogP contribution in [0.1, 0.15) is 50.2 Å². The van der Waals surface area contributed by atoms with Gasteiger partial charge < -0.3 is 10.4 Å². The first kappa shape index (κ1) is 27.4. The SMILES string of the molecule is Cc1ccc(C(=O)Nc2ccc(CN3CC[C@@H](O)C3)c(C(F)(F)F)c2)cc1C#Cn1cnc2c(C)ccc(C)c21. The van der Waals surface area contributed by atoms with Crippen LogP contribution in [0, 0.1) is 32.7 Å². The average Bonchev–Trinajstić information content (AvgIpc) is 3.52. The molecule has 0 bridgehead atoms. The Morgan fingerprint density at radius 2 is 1.82 bits per heavy atom. The van der Waals surface area contributed by atoms with Crippen LogP contribution in [0.2, 0.25) is 0 Å². The second kappa shape index (κ2) is 10.8. The number of fused-ring (bicyclic) bond motifs is 1. The first-order chi connectivity index (χ1) is 19.0. The second-order valence-corrected chi connectivity index (χ2v) is 10.3. The number of amides is 1. The zero-order valence-electron chi connectivity index (χ0n) is 22.4. The van der Waals surface area contributed by atoms with E-state index < -0.39 is 23.8 Å². The largest absolute Gasteiger partial charge is 0.416 e. The van der Waals surface area contributed by atoms with E-state index in [-0.39, 0.29) is 23.4 Å². The molecule has 1 aliphatic heterocycles. The second-order valence-electron chi connectivity index (χ2n) is 10.3. The van der Waals surface area contributed by atoms with Crippen molar-refractivity contribution in [3.8, 4) is 12.0 Å². The smallest absolute Gasteiger partial charge is 0.392 e. The van der Waals surface area contributed by atoms with E-state index in [9.17, 15) is 23.1 Å². The third kappa shape index (κ3) is 5.74. The van der Waals surface area contributed by atoms with E-state index in [0.29, 0.717) is 25.1 Å². The summed E-state index contributed by atoms with van der Waals surface area (Å²) in [6.45, 7) is 6.80.